The third-order valence-corrected chi connectivity index (χ3v) is 3.98. The molecule has 0 aromatic heterocycles. The molecule has 0 saturated carbocycles. The second kappa shape index (κ2) is 5.67. The van der Waals surface area contributed by atoms with Crippen LogP contribution >= 0.6 is 0 Å². The van der Waals surface area contributed by atoms with E-state index in [1.807, 2.05) is 0 Å². The van der Waals surface area contributed by atoms with Crippen LogP contribution in [0.15, 0.2) is 9.59 Å². The Hall–Kier alpha value is -1.97. The van der Waals surface area contributed by atoms with Crippen LogP contribution in [0.5, 0.6) is 0 Å². The number of nitrogens with one attached hydrogen (secondary N) is 2. The first kappa shape index (κ1) is 14.9. The molecule has 3 atom stereocenters. The van der Waals surface area contributed by atoms with Crippen LogP contribution in [0.4, 0.5) is 11.4 Å². The number of aliphatic hydroxyl groups is 2. The maximum Gasteiger partial charge on any atom is 0.253 e. The summed E-state index contributed by atoms with van der Waals surface area (Å²) in [6.45, 7) is 1.01. The largest absolute Gasteiger partial charge is 0.388 e. The predicted molar refractivity (Wildman–Crippen MR) is 76.8 cm³/mol. The fourth-order valence-corrected chi connectivity index (χ4v) is 2.72. The molecule has 2 aliphatic heterocycles. The van der Waals surface area contributed by atoms with Gasteiger partial charge in [-0.15, -0.1) is 0 Å². The van der Waals surface area contributed by atoms with Crippen molar-refractivity contribution >= 4 is 17.3 Å². The lowest BCUT2D eigenvalue weighted by atomic mass is 10.1. The molecular weight excluding hydrogens is 294 g/mol. The van der Waals surface area contributed by atoms with Crippen molar-refractivity contribution in [3.05, 3.63) is 20.4 Å². The molecule has 22 heavy (non-hydrogen) atoms. The minimum Gasteiger partial charge on any atom is -0.388 e. The standard InChI is InChI=1S/C13H17N3O6/c17-6-5-22-7(11(6)19)3-15-9-10(13(21)12(9)20)16-2-1-14-8(18)4-16/h6-7,11,15,17,19H,1-5H2,(H,14,18)/t6?,7-,11?/m1/s1. The zero-order chi connectivity index (χ0) is 15.9. The molecule has 1 aromatic rings. The van der Waals surface area contributed by atoms with E-state index in [0.29, 0.717) is 13.1 Å². The lowest BCUT2D eigenvalue weighted by molar-refractivity contribution is -0.120. The quantitative estimate of drug-likeness (QED) is 0.427. The van der Waals surface area contributed by atoms with E-state index >= 15 is 0 Å². The summed E-state index contributed by atoms with van der Waals surface area (Å²) in [5.41, 5.74) is -0.927. The molecular formula is C13H17N3O6. The minimum absolute atomic E-state index is 0.0264. The molecule has 2 aliphatic rings. The number of piperazine rings is 1. The Kier molecular flexibility index (Phi) is 3.85. The Morgan fingerprint density at radius 1 is 1.27 bits per heavy atom. The van der Waals surface area contributed by atoms with E-state index in [2.05, 4.69) is 10.6 Å². The maximum atomic E-state index is 11.7. The van der Waals surface area contributed by atoms with Crippen molar-refractivity contribution in [3.8, 4) is 0 Å². The van der Waals surface area contributed by atoms with Crippen LogP contribution in [0.25, 0.3) is 0 Å². The van der Waals surface area contributed by atoms with E-state index in [9.17, 15) is 24.6 Å². The summed E-state index contributed by atoms with van der Waals surface area (Å²) in [4.78, 5) is 36.4. The SMILES string of the molecule is O=C1CN(c2c(NC[C@H]3OCC(O)C3O)c(=O)c2=O)CCN1. The number of amides is 1. The smallest absolute Gasteiger partial charge is 0.253 e. The Balaban J connectivity index is 1.70. The van der Waals surface area contributed by atoms with E-state index < -0.39 is 29.2 Å². The van der Waals surface area contributed by atoms with Crippen LogP contribution in [0.2, 0.25) is 0 Å². The van der Waals surface area contributed by atoms with Crippen molar-refractivity contribution in [1.29, 1.82) is 0 Å². The second-order valence-electron chi connectivity index (χ2n) is 5.46. The van der Waals surface area contributed by atoms with Gasteiger partial charge in [0.15, 0.2) is 0 Å². The second-order valence-corrected chi connectivity index (χ2v) is 5.46. The van der Waals surface area contributed by atoms with Gasteiger partial charge >= 0.3 is 0 Å². The number of ether oxygens (including phenoxy) is 1. The average Bonchev–Trinajstić information content (AvgIpc) is 2.82. The normalized spacial score (nSPS) is 28.9. The molecule has 2 saturated heterocycles. The lowest BCUT2D eigenvalue weighted by Crippen LogP contribution is -2.53. The maximum absolute atomic E-state index is 11.7. The highest BCUT2D eigenvalue weighted by atomic mass is 16.5. The first-order valence-corrected chi connectivity index (χ1v) is 7.05. The number of carbonyl (C=O) groups is 1. The van der Waals surface area contributed by atoms with Crippen LogP contribution in [0, 0.1) is 0 Å². The van der Waals surface area contributed by atoms with Crippen LogP contribution in [-0.4, -0.2) is 67.2 Å². The fourth-order valence-electron chi connectivity index (χ4n) is 2.72. The molecule has 0 bridgehead atoms. The lowest BCUT2D eigenvalue weighted by Gasteiger charge is -2.31. The minimum atomic E-state index is -1.04. The van der Waals surface area contributed by atoms with Gasteiger partial charge in [-0.1, -0.05) is 0 Å². The first-order valence-electron chi connectivity index (χ1n) is 7.05. The summed E-state index contributed by atoms with van der Waals surface area (Å²) in [5.74, 6) is -0.206. The van der Waals surface area contributed by atoms with Gasteiger partial charge in [0.1, 0.15) is 29.7 Å². The molecule has 2 unspecified atom stereocenters. The van der Waals surface area contributed by atoms with Gasteiger partial charge in [-0.25, -0.2) is 0 Å². The third kappa shape index (κ3) is 2.47. The number of aliphatic hydroxyl groups excluding tert-OH is 2. The summed E-state index contributed by atoms with van der Waals surface area (Å²) < 4.78 is 5.20. The van der Waals surface area contributed by atoms with Gasteiger partial charge in [0.05, 0.1) is 13.2 Å². The van der Waals surface area contributed by atoms with E-state index in [-0.39, 0.29) is 37.0 Å². The third-order valence-electron chi connectivity index (χ3n) is 3.98. The van der Waals surface area contributed by atoms with Crippen LogP contribution in [0.3, 0.4) is 0 Å². The van der Waals surface area contributed by atoms with Gasteiger partial charge in [0.2, 0.25) is 5.91 Å². The van der Waals surface area contributed by atoms with Crippen molar-refractivity contribution in [2.75, 3.05) is 43.0 Å². The number of carbonyl (C=O) groups excluding carboxylic acids is 1. The summed E-state index contributed by atoms with van der Waals surface area (Å²) in [5, 5.41) is 24.5. The number of nitrogens with zero attached hydrogens (tertiary/aromatic N) is 1. The van der Waals surface area contributed by atoms with E-state index in [1.54, 1.807) is 4.90 Å². The highest BCUT2D eigenvalue weighted by molar-refractivity contribution is 5.86. The Morgan fingerprint density at radius 3 is 2.68 bits per heavy atom. The van der Waals surface area contributed by atoms with Crippen LogP contribution < -0.4 is 26.4 Å². The molecule has 9 heteroatoms. The Labute approximate surface area is 125 Å². The van der Waals surface area contributed by atoms with Crippen molar-refractivity contribution in [1.82, 2.24) is 5.32 Å². The molecule has 0 radical (unpaired) electrons. The average molecular weight is 311 g/mol. The highest BCUT2D eigenvalue weighted by Crippen LogP contribution is 2.22. The molecule has 9 nitrogen and oxygen atoms in total. The predicted octanol–water partition coefficient (Wildman–Crippen LogP) is -3.25. The molecule has 2 heterocycles. The van der Waals surface area contributed by atoms with Gasteiger partial charge in [-0.3, -0.25) is 14.4 Å². The first-order chi connectivity index (χ1) is 10.5. The summed E-state index contributed by atoms with van der Waals surface area (Å²) >= 11 is 0. The van der Waals surface area contributed by atoms with Gasteiger partial charge in [-0.05, 0) is 0 Å². The van der Waals surface area contributed by atoms with Gasteiger partial charge < -0.3 is 30.5 Å². The molecule has 1 aromatic carbocycles. The van der Waals surface area contributed by atoms with E-state index in [4.69, 9.17) is 4.74 Å². The van der Waals surface area contributed by atoms with E-state index in [0.717, 1.165) is 0 Å². The van der Waals surface area contributed by atoms with Crippen molar-refractivity contribution < 1.29 is 19.7 Å². The summed E-state index contributed by atoms with van der Waals surface area (Å²) in [6.07, 6.45) is -2.65. The molecule has 0 aliphatic carbocycles. The molecule has 0 spiro atoms. The monoisotopic (exact) mass is 311 g/mol. The van der Waals surface area contributed by atoms with Gasteiger partial charge in [0, 0.05) is 19.6 Å². The molecule has 4 N–H and O–H groups in total. The molecule has 120 valence electrons. The zero-order valence-corrected chi connectivity index (χ0v) is 11.7. The Morgan fingerprint density at radius 2 is 2.05 bits per heavy atom. The summed E-state index contributed by atoms with van der Waals surface area (Å²) in [7, 11) is 0. The number of hydrogen-bond donors (Lipinski definition) is 4. The molecule has 2 fully saturated rings. The summed E-state index contributed by atoms with van der Waals surface area (Å²) in [6, 6.07) is 0. The van der Waals surface area contributed by atoms with Crippen molar-refractivity contribution in [3.63, 3.8) is 0 Å². The molecule has 1 amide bonds. The topological polar surface area (TPSA) is 128 Å². The van der Waals surface area contributed by atoms with Gasteiger partial charge in [-0.2, -0.15) is 0 Å². The number of anilines is 2. The van der Waals surface area contributed by atoms with Crippen LogP contribution in [-0.2, 0) is 9.53 Å². The molecule has 3 rings (SSSR count). The van der Waals surface area contributed by atoms with Crippen molar-refractivity contribution in [2.45, 2.75) is 18.3 Å². The highest BCUT2D eigenvalue weighted by Gasteiger charge is 2.35. The van der Waals surface area contributed by atoms with Crippen molar-refractivity contribution in [2.24, 2.45) is 0 Å². The fraction of sp³-hybridized carbons (Fsp3) is 0.615. The number of hydrogen-bond acceptors (Lipinski definition) is 8. The zero-order valence-electron chi connectivity index (χ0n) is 11.7. The van der Waals surface area contributed by atoms with Gasteiger partial charge in [0.25, 0.3) is 10.9 Å². The van der Waals surface area contributed by atoms with Crippen LogP contribution in [0.1, 0.15) is 0 Å². The van der Waals surface area contributed by atoms with E-state index in [1.165, 1.54) is 0 Å². The Bertz CT molecular complexity index is 652. The number of rotatable bonds is 4.